The van der Waals surface area contributed by atoms with Crippen molar-refractivity contribution in [1.29, 1.82) is 0 Å². The van der Waals surface area contributed by atoms with Gasteiger partial charge in [0.1, 0.15) is 6.10 Å². The van der Waals surface area contributed by atoms with Gasteiger partial charge in [-0.05, 0) is 64.2 Å². The summed E-state index contributed by atoms with van der Waals surface area (Å²) in [5.41, 5.74) is 0. The fraction of sp³-hybridized carbons (Fsp3) is 0.806. The number of allylic oxidation sites excluding steroid dienone is 10. The molecule has 0 bridgehead atoms. The molecular formula is C62H113NO5. The van der Waals surface area contributed by atoms with Gasteiger partial charge in [0, 0.05) is 6.42 Å². The van der Waals surface area contributed by atoms with E-state index >= 15 is 0 Å². The van der Waals surface area contributed by atoms with Crippen LogP contribution in [0.3, 0.4) is 0 Å². The summed E-state index contributed by atoms with van der Waals surface area (Å²) in [6.45, 7) is 6.39. The number of carbonyl (C=O) groups excluding carboxylic acids is 2. The summed E-state index contributed by atoms with van der Waals surface area (Å²) in [4.78, 5) is 26.3. The Balaban J connectivity index is 4.62. The summed E-state index contributed by atoms with van der Waals surface area (Å²) in [5, 5.41) is 23.9. The molecule has 0 saturated heterocycles. The van der Waals surface area contributed by atoms with Gasteiger partial charge in [0.15, 0.2) is 0 Å². The van der Waals surface area contributed by atoms with Gasteiger partial charge in [-0.3, -0.25) is 9.59 Å². The van der Waals surface area contributed by atoms with Crippen LogP contribution in [0.5, 0.6) is 0 Å². The number of carbonyl (C=O) groups is 2. The molecule has 0 radical (unpaired) electrons. The van der Waals surface area contributed by atoms with Gasteiger partial charge in [-0.1, -0.05) is 281 Å². The Hall–Kier alpha value is -2.44. The Kier molecular flexibility index (Phi) is 53.5. The van der Waals surface area contributed by atoms with E-state index in [0.29, 0.717) is 25.7 Å². The Morgan fingerprint density at radius 3 is 1.15 bits per heavy atom. The second-order valence-corrected chi connectivity index (χ2v) is 20.0. The maximum absolute atomic E-state index is 13.3. The molecule has 0 rings (SSSR count). The van der Waals surface area contributed by atoms with Crippen molar-refractivity contribution in [1.82, 2.24) is 5.32 Å². The van der Waals surface area contributed by atoms with Crippen LogP contribution in [0, 0.1) is 0 Å². The standard InChI is InChI=1S/C62H113NO5/c1-4-7-10-13-16-19-22-25-28-30-33-35-38-41-44-47-50-53-58(68-62(67)55-52-49-46-43-40-37-34-31-29-26-23-20-17-14-11-8-5-2)56-61(66)63-59(57-64)60(65)54-51-48-45-42-39-36-32-27-24-21-18-15-12-9-6-3/h8,11,17,20,26,29,34,37,43,46,58-60,64-65H,4-7,9-10,12-16,18-19,21-25,27-28,30-33,35-36,38-42,44-45,47-57H2,1-3H3,(H,63,66)/b11-8-,20-17-,29-26-,37-34-,46-43-. The van der Waals surface area contributed by atoms with E-state index in [9.17, 15) is 19.8 Å². The van der Waals surface area contributed by atoms with E-state index in [1.165, 1.54) is 167 Å². The minimum atomic E-state index is -0.798. The number of nitrogens with one attached hydrogen (secondary N) is 1. The topological polar surface area (TPSA) is 95.9 Å². The lowest BCUT2D eigenvalue weighted by Gasteiger charge is -2.24. The third-order valence-electron chi connectivity index (χ3n) is 13.4. The lowest BCUT2D eigenvalue weighted by Crippen LogP contribution is -2.46. The summed E-state index contributed by atoms with van der Waals surface area (Å²) < 4.78 is 5.94. The summed E-state index contributed by atoms with van der Waals surface area (Å²) in [5.74, 6) is -0.530. The highest BCUT2D eigenvalue weighted by atomic mass is 16.5. The summed E-state index contributed by atoms with van der Waals surface area (Å²) in [6.07, 6.45) is 70.1. The van der Waals surface area contributed by atoms with Crippen molar-refractivity contribution in [2.75, 3.05) is 6.61 Å². The number of amides is 1. The van der Waals surface area contributed by atoms with Gasteiger partial charge in [0.2, 0.25) is 5.91 Å². The number of rotatable bonds is 53. The van der Waals surface area contributed by atoms with Crippen LogP contribution >= 0.6 is 0 Å². The van der Waals surface area contributed by atoms with E-state index in [-0.39, 0.29) is 24.9 Å². The minimum Gasteiger partial charge on any atom is -0.462 e. The number of unbranched alkanes of at least 4 members (excludes halogenated alkanes) is 31. The van der Waals surface area contributed by atoms with Crippen molar-refractivity contribution < 1.29 is 24.5 Å². The van der Waals surface area contributed by atoms with Crippen LogP contribution in [-0.2, 0) is 14.3 Å². The quantitative estimate of drug-likeness (QED) is 0.0321. The van der Waals surface area contributed by atoms with Gasteiger partial charge in [-0.25, -0.2) is 0 Å². The van der Waals surface area contributed by atoms with Crippen LogP contribution in [0.25, 0.3) is 0 Å². The van der Waals surface area contributed by atoms with Crippen molar-refractivity contribution in [3.63, 3.8) is 0 Å². The molecule has 0 aliphatic heterocycles. The molecule has 3 N–H and O–H groups in total. The van der Waals surface area contributed by atoms with E-state index in [1.54, 1.807) is 0 Å². The van der Waals surface area contributed by atoms with E-state index in [2.05, 4.69) is 86.8 Å². The molecule has 68 heavy (non-hydrogen) atoms. The Morgan fingerprint density at radius 1 is 0.441 bits per heavy atom. The van der Waals surface area contributed by atoms with Crippen LogP contribution in [0.15, 0.2) is 60.8 Å². The average Bonchev–Trinajstić information content (AvgIpc) is 3.33. The zero-order valence-electron chi connectivity index (χ0n) is 45.2. The van der Waals surface area contributed by atoms with Crippen molar-refractivity contribution in [3.8, 4) is 0 Å². The molecule has 1 amide bonds. The van der Waals surface area contributed by atoms with Crippen LogP contribution in [0.1, 0.15) is 297 Å². The van der Waals surface area contributed by atoms with Crippen molar-refractivity contribution in [3.05, 3.63) is 60.8 Å². The number of hydrogen-bond donors (Lipinski definition) is 3. The van der Waals surface area contributed by atoms with Crippen molar-refractivity contribution in [2.24, 2.45) is 0 Å². The number of hydrogen-bond acceptors (Lipinski definition) is 5. The highest BCUT2D eigenvalue weighted by Crippen LogP contribution is 2.19. The highest BCUT2D eigenvalue weighted by molar-refractivity contribution is 5.77. The molecular weight excluding hydrogens is 839 g/mol. The van der Waals surface area contributed by atoms with Crippen molar-refractivity contribution in [2.45, 2.75) is 315 Å². The molecule has 0 aromatic heterocycles. The van der Waals surface area contributed by atoms with Gasteiger partial charge in [0.05, 0.1) is 25.2 Å². The molecule has 0 saturated carbocycles. The van der Waals surface area contributed by atoms with E-state index < -0.39 is 18.2 Å². The number of aliphatic hydroxyl groups is 2. The molecule has 0 spiro atoms. The van der Waals surface area contributed by atoms with Gasteiger partial charge in [0.25, 0.3) is 0 Å². The fourth-order valence-electron chi connectivity index (χ4n) is 8.94. The van der Waals surface area contributed by atoms with Gasteiger partial charge >= 0.3 is 5.97 Å². The van der Waals surface area contributed by atoms with E-state index in [1.807, 2.05) is 0 Å². The third kappa shape index (κ3) is 50.0. The summed E-state index contributed by atoms with van der Waals surface area (Å²) in [6, 6.07) is -0.714. The van der Waals surface area contributed by atoms with E-state index in [0.717, 1.165) is 77.0 Å². The first-order valence-electron chi connectivity index (χ1n) is 29.5. The van der Waals surface area contributed by atoms with Crippen LogP contribution < -0.4 is 5.32 Å². The number of ether oxygens (including phenoxy) is 1. The largest absolute Gasteiger partial charge is 0.462 e. The molecule has 396 valence electrons. The molecule has 6 heteroatoms. The molecule has 0 aliphatic carbocycles. The fourth-order valence-corrected chi connectivity index (χ4v) is 8.94. The summed E-state index contributed by atoms with van der Waals surface area (Å²) >= 11 is 0. The predicted octanol–water partition coefficient (Wildman–Crippen LogP) is 18.4. The maximum Gasteiger partial charge on any atom is 0.306 e. The second kappa shape index (κ2) is 55.5. The monoisotopic (exact) mass is 952 g/mol. The van der Waals surface area contributed by atoms with Crippen LogP contribution in [0.2, 0.25) is 0 Å². The van der Waals surface area contributed by atoms with Crippen LogP contribution in [-0.4, -0.2) is 46.9 Å². The second-order valence-electron chi connectivity index (χ2n) is 20.0. The summed E-state index contributed by atoms with van der Waals surface area (Å²) in [7, 11) is 0. The number of esters is 1. The highest BCUT2D eigenvalue weighted by Gasteiger charge is 2.24. The van der Waals surface area contributed by atoms with Gasteiger partial charge < -0.3 is 20.3 Å². The zero-order chi connectivity index (χ0) is 49.5. The molecule has 0 fully saturated rings. The van der Waals surface area contributed by atoms with Gasteiger partial charge in [-0.15, -0.1) is 0 Å². The van der Waals surface area contributed by atoms with E-state index in [4.69, 9.17) is 4.74 Å². The molecule has 6 nitrogen and oxygen atoms in total. The zero-order valence-corrected chi connectivity index (χ0v) is 45.2. The molecule has 0 aromatic carbocycles. The molecule has 3 unspecified atom stereocenters. The average molecular weight is 953 g/mol. The first kappa shape index (κ1) is 65.6. The number of aliphatic hydroxyl groups excluding tert-OH is 2. The minimum absolute atomic E-state index is 0.0571. The first-order chi connectivity index (χ1) is 33.5. The Bertz CT molecular complexity index is 1210. The first-order valence-corrected chi connectivity index (χ1v) is 29.5. The normalized spacial score (nSPS) is 13.5. The smallest absolute Gasteiger partial charge is 0.306 e. The lowest BCUT2D eigenvalue weighted by atomic mass is 10.0. The third-order valence-corrected chi connectivity index (χ3v) is 13.4. The molecule has 0 aliphatic rings. The Morgan fingerprint density at radius 2 is 0.779 bits per heavy atom. The molecule has 0 heterocycles. The van der Waals surface area contributed by atoms with Crippen LogP contribution in [0.4, 0.5) is 0 Å². The Labute approximate surface area is 422 Å². The van der Waals surface area contributed by atoms with Crippen molar-refractivity contribution >= 4 is 11.9 Å². The lowest BCUT2D eigenvalue weighted by molar-refractivity contribution is -0.151. The SMILES string of the molecule is CC/C=C\C/C=C\C/C=C\C/C=C\C/C=C\CCCC(=O)OC(CCCCCCCCCCCCCCCCCCC)CC(=O)NC(CO)C(O)CCCCCCCCCCCCCCCCC. The predicted molar refractivity (Wildman–Crippen MR) is 296 cm³/mol. The molecule has 3 atom stereocenters. The van der Waals surface area contributed by atoms with Gasteiger partial charge in [-0.2, -0.15) is 0 Å². The maximum atomic E-state index is 13.3. The molecule has 0 aromatic rings.